The largest absolute Gasteiger partial charge is 0.478 e. The van der Waals surface area contributed by atoms with Gasteiger partial charge in [-0.25, -0.2) is 4.79 Å². The fourth-order valence-corrected chi connectivity index (χ4v) is 4.98. The number of rotatable bonds is 6. The molecule has 2 saturated carbocycles. The summed E-state index contributed by atoms with van der Waals surface area (Å²) in [5, 5.41) is 20.4. The average molecular weight is 366 g/mol. The van der Waals surface area contributed by atoms with Crippen LogP contribution in [0.3, 0.4) is 0 Å². The second-order valence-corrected chi connectivity index (χ2v) is 8.96. The van der Waals surface area contributed by atoms with Gasteiger partial charge in [-0.1, -0.05) is 33.8 Å². The molecule has 0 spiro atoms. The summed E-state index contributed by atoms with van der Waals surface area (Å²) in [6.07, 6.45) is 4.39. The van der Waals surface area contributed by atoms with Crippen molar-refractivity contribution in [1.82, 2.24) is 0 Å². The minimum absolute atomic E-state index is 0.111. The van der Waals surface area contributed by atoms with E-state index in [1.807, 2.05) is 20.8 Å². The van der Waals surface area contributed by atoms with Crippen LogP contribution in [0.4, 0.5) is 0 Å². The third kappa shape index (κ3) is 4.13. The molecule has 0 radical (unpaired) electrons. The summed E-state index contributed by atoms with van der Waals surface area (Å²) in [6.45, 7) is 11.7. The van der Waals surface area contributed by atoms with Gasteiger partial charge >= 0.3 is 11.9 Å². The maximum Gasteiger partial charge on any atom is 0.331 e. The second-order valence-electron chi connectivity index (χ2n) is 8.96. The van der Waals surface area contributed by atoms with E-state index in [2.05, 4.69) is 13.5 Å². The molecule has 0 aliphatic heterocycles. The third-order valence-corrected chi connectivity index (χ3v) is 6.95. The smallest absolute Gasteiger partial charge is 0.331 e. The van der Waals surface area contributed by atoms with Crippen molar-refractivity contribution in [3.8, 4) is 0 Å². The van der Waals surface area contributed by atoms with Crippen LogP contribution >= 0.6 is 0 Å². The van der Waals surface area contributed by atoms with Gasteiger partial charge in [0.2, 0.25) is 0 Å². The number of esters is 1. The number of aliphatic carboxylic acids is 1. The minimum atomic E-state index is -1.02. The summed E-state index contributed by atoms with van der Waals surface area (Å²) in [7, 11) is 0. The molecule has 0 amide bonds. The lowest BCUT2D eigenvalue weighted by atomic mass is 9.51. The summed E-state index contributed by atoms with van der Waals surface area (Å²) < 4.78 is 5.91. The Morgan fingerprint density at radius 2 is 1.92 bits per heavy atom. The average Bonchev–Trinajstić information content (AvgIpc) is 2.54. The Morgan fingerprint density at radius 1 is 1.27 bits per heavy atom. The van der Waals surface area contributed by atoms with Crippen LogP contribution in [-0.4, -0.2) is 33.9 Å². The summed E-state index contributed by atoms with van der Waals surface area (Å²) in [5.41, 5.74) is -1.06. The van der Waals surface area contributed by atoms with Crippen molar-refractivity contribution in [2.24, 2.45) is 23.2 Å². The molecule has 2 aliphatic carbocycles. The number of carbonyl (C=O) groups is 2. The van der Waals surface area contributed by atoms with Crippen LogP contribution in [0.1, 0.15) is 72.6 Å². The predicted molar refractivity (Wildman–Crippen MR) is 99.5 cm³/mol. The zero-order valence-electron chi connectivity index (χ0n) is 16.6. The van der Waals surface area contributed by atoms with E-state index < -0.39 is 11.6 Å². The van der Waals surface area contributed by atoms with Crippen LogP contribution in [0.15, 0.2) is 12.2 Å². The number of fused-ring (bicyclic) bond motifs is 1. The molecule has 6 atom stereocenters. The Kier molecular flexibility index (Phi) is 6.21. The highest BCUT2D eigenvalue weighted by Crippen LogP contribution is 2.57. The van der Waals surface area contributed by atoms with Gasteiger partial charge in [-0.05, 0) is 56.8 Å². The van der Waals surface area contributed by atoms with Gasteiger partial charge in [-0.3, -0.25) is 4.79 Å². The topological polar surface area (TPSA) is 83.8 Å². The van der Waals surface area contributed by atoms with E-state index >= 15 is 0 Å². The van der Waals surface area contributed by atoms with E-state index in [0.29, 0.717) is 25.7 Å². The summed E-state index contributed by atoms with van der Waals surface area (Å²) in [5.74, 6) is -1.37. The number of hydrogen-bond acceptors (Lipinski definition) is 4. The van der Waals surface area contributed by atoms with Gasteiger partial charge in [0, 0.05) is 17.4 Å². The molecule has 2 rings (SSSR count). The monoisotopic (exact) mass is 366 g/mol. The number of aliphatic hydroxyl groups is 1. The molecule has 0 aromatic carbocycles. The highest BCUT2D eigenvalue weighted by molar-refractivity contribution is 5.86. The predicted octanol–water partition coefficient (Wildman–Crippen LogP) is 3.94. The lowest BCUT2D eigenvalue weighted by Gasteiger charge is -2.57. The van der Waals surface area contributed by atoms with Gasteiger partial charge in [0.15, 0.2) is 0 Å². The number of hydrogen-bond donors (Lipinski definition) is 2. The van der Waals surface area contributed by atoms with Crippen LogP contribution in [0.2, 0.25) is 0 Å². The SMILES string of the molecule is C=C(C(=O)O)[C@@H]1C[C@@H]2[C@](C)(CCC[C@@]2(C)O)[C@H](OC(=O)C[C@H](C)CC)C1. The lowest BCUT2D eigenvalue weighted by molar-refractivity contribution is -0.193. The first-order chi connectivity index (χ1) is 12.0. The number of carboxylic acid groups (broad SMARTS) is 1. The zero-order chi connectivity index (χ0) is 19.7. The Bertz CT molecular complexity index is 567. The first kappa shape index (κ1) is 20.9. The number of carboxylic acids is 1. The molecule has 0 aromatic heterocycles. The molecule has 0 unspecified atom stereocenters. The lowest BCUT2D eigenvalue weighted by Crippen LogP contribution is -2.58. The van der Waals surface area contributed by atoms with E-state index in [9.17, 15) is 19.8 Å². The van der Waals surface area contributed by atoms with Crippen LogP contribution in [-0.2, 0) is 14.3 Å². The molecule has 0 heterocycles. The Hall–Kier alpha value is -1.36. The van der Waals surface area contributed by atoms with E-state index in [1.54, 1.807) is 0 Å². The number of ether oxygens (including phenoxy) is 1. The standard InChI is InChI=1S/C21H34O5/c1-6-13(2)10-18(22)26-17-12-15(14(3)19(23)24)11-16-20(17,4)8-7-9-21(16,5)25/h13,15-17,25H,3,6-12H2,1-2,4-5H3,(H,23,24)/t13-,15-,16-,17-,20+,21-/m1/s1. The van der Waals surface area contributed by atoms with Gasteiger partial charge in [0.25, 0.3) is 0 Å². The van der Waals surface area contributed by atoms with Crippen molar-refractivity contribution in [2.45, 2.75) is 84.3 Å². The minimum Gasteiger partial charge on any atom is -0.478 e. The number of carbonyl (C=O) groups excluding carboxylic acids is 1. The highest BCUT2D eigenvalue weighted by Gasteiger charge is 2.57. The molecule has 0 aromatic rings. The fourth-order valence-electron chi connectivity index (χ4n) is 4.98. The van der Waals surface area contributed by atoms with Crippen molar-refractivity contribution in [3.63, 3.8) is 0 Å². The van der Waals surface area contributed by atoms with E-state index in [1.165, 1.54) is 0 Å². The first-order valence-electron chi connectivity index (χ1n) is 9.85. The fraction of sp³-hybridized carbons (Fsp3) is 0.810. The van der Waals surface area contributed by atoms with Crippen molar-refractivity contribution >= 4 is 11.9 Å². The van der Waals surface area contributed by atoms with Gasteiger partial charge in [0.1, 0.15) is 6.10 Å². The molecule has 148 valence electrons. The summed E-state index contributed by atoms with van der Waals surface area (Å²) in [6, 6.07) is 0. The van der Waals surface area contributed by atoms with Crippen molar-refractivity contribution in [1.29, 1.82) is 0 Å². The summed E-state index contributed by atoms with van der Waals surface area (Å²) >= 11 is 0. The first-order valence-corrected chi connectivity index (χ1v) is 9.85. The Labute approximate surface area is 156 Å². The van der Waals surface area contributed by atoms with Gasteiger partial charge in [0.05, 0.1) is 5.60 Å². The Morgan fingerprint density at radius 3 is 2.50 bits per heavy atom. The molecule has 2 aliphatic rings. The zero-order valence-corrected chi connectivity index (χ0v) is 16.6. The quantitative estimate of drug-likeness (QED) is 0.549. The van der Waals surface area contributed by atoms with Crippen molar-refractivity contribution < 1.29 is 24.5 Å². The molecule has 2 fully saturated rings. The van der Waals surface area contributed by atoms with Gasteiger partial charge in [-0.15, -0.1) is 0 Å². The van der Waals surface area contributed by atoms with Crippen LogP contribution in [0, 0.1) is 23.2 Å². The normalized spacial score (nSPS) is 38.1. The van der Waals surface area contributed by atoms with Crippen molar-refractivity contribution in [3.05, 3.63) is 12.2 Å². The molecule has 0 bridgehead atoms. The van der Waals surface area contributed by atoms with Crippen LogP contribution in [0.5, 0.6) is 0 Å². The maximum absolute atomic E-state index is 12.4. The molecule has 2 N–H and O–H groups in total. The third-order valence-electron chi connectivity index (χ3n) is 6.95. The molecular formula is C21H34O5. The second kappa shape index (κ2) is 7.71. The van der Waals surface area contributed by atoms with Crippen LogP contribution < -0.4 is 0 Å². The molecular weight excluding hydrogens is 332 g/mol. The maximum atomic E-state index is 12.4. The molecule has 5 heteroatoms. The van der Waals surface area contributed by atoms with E-state index in [-0.39, 0.29) is 40.8 Å². The highest BCUT2D eigenvalue weighted by atomic mass is 16.5. The Balaban J connectivity index is 2.28. The van der Waals surface area contributed by atoms with Crippen LogP contribution in [0.25, 0.3) is 0 Å². The molecule has 26 heavy (non-hydrogen) atoms. The summed E-state index contributed by atoms with van der Waals surface area (Å²) in [4.78, 5) is 23.9. The molecule has 5 nitrogen and oxygen atoms in total. The molecule has 0 saturated heterocycles. The van der Waals surface area contributed by atoms with Gasteiger partial charge < -0.3 is 14.9 Å². The van der Waals surface area contributed by atoms with E-state index in [4.69, 9.17) is 4.74 Å². The van der Waals surface area contributed by atoms with Gasteiger partial charge in [-0.2, -0.15) is 0 Å². The van der Waals surface area contributed by atoms with E-state index in [0.717, 1.165) is 19.3 Å². The van der Waals surface area contributed by atoms with Crippen molar-refractivity contribution in [2.75, 3.05) is 0 Å².